The Morgan fingerprint density at radius 1 is 0.581 bits per heavy atom. The molecule has 4 aromatic carbocycles. The minimum Gasteiger partial charge on any atom is -0.458 e. The van der Waals surface area contributed by atoms with Crippen LogP contribution >= 0.6 is 0 Å². The summed E-state index contributed by atoms with van der Waals surface area (Å²) >= 11 is 0. The molecule has 0 amide bonds. The Bertz CT molecular complexity index is 1530. The molecule has 4 atom stereocenters. The van der Waals surface area contributed by atoms with E-state index in [4.69, 9.17) is 23.7 Å². The molecule has 5 rings (SSSR count). The van der Waals surface area contributed by atoms with E-state index in [1.807, 2.05) is 0 Å². The van der Waals surface area contributed by atoms with Gasteiger partial charge in [-0.3, -0.25) is 0 Å². The number of carbonyl (C=O) groups excluding carboxylic acids is 4. The third-order valence-corrected chi connectivity index (χ3v) is 6.69. The third kappa shape index (κ3) is 7.52. The summed E-state index contributed by atoms with van der Waals surface area (Å²) in [5.74, 6) is -2.70. The van der Waals surface area contributed by atoms with Crippen LogP contribution in [0.4, 0.5) is 0 Å². The van der Waals surface area contributed by atoms with Crippen molar-refractivity contribution in [2.24, 2.45) is 0 Å². The number of hydrogen-bond acceptors (Lipinski definition) is 9. The maximum atomic E-state index is 13.2. The Morgan fingerprint density at radius 2 is 1.00 bits per heavy atom. The molecule has 0 aliphatic carbocycles. The van der Waals surface area contributed by atoms with Crippen LogP contribution in [0.1, 0.15) is 41.4 Å². The lowest BCUT2D eigenvalue weighted by Crippen LogP contribution is -2.47. The van der Waals surface area contributed by atoms with E-state index in [2.05, 4.69) is 0 Å². The quantitative estimate of drug-likeness (QED) is 0.190. The average Bonchev–Trinajstić information content (AvgIpc) is 3.45. The summed E-state index contributed by atoms with van der Waals surface area (Å²) in [7, 11) is 0. The lowest BCUT2D eigenvalue weighted by molar-refractivity contribution is -0.0882. The smallest absolute Gasteiger partial charge is 0.338 e. The molecule has 1 aliphatic rings. The van der Waals surface area contributed by atoms with Crippen LogP contribution in [0.3, 0.4) is 0 Å². The Labute approximate surface area is 247 Å². The summed E-state index contributed by atoms with van der Waals surface area (Å²) in [5, 5.41) is 0. The second-order valence-electron chi connectivity index (χ2n) is 9.62. The molecule has 0 N–H and O–H groups in total. The average molecular weight is 581 g/mol. The van der Waals surface area contributed by atoms with Crippen LogP contribution in [0, 0.1) is 0 Å². The maximum Gasteiger partial charge on any atom is 0.338 e. The van der Waals surface area contributed by atoms with Crippen LogP contribution < -0.4 is 0 Å². The van der Waals surface area contributed by atoms with E-state index in [0.717, 1.165) is 0 Å². The van der Waals surface area contributed by atoms with Crippen molar-refractivity contribution >= 4 is 23.9 Å². The largest absolute Gasteiger partial charge is 0.458 e. The molecule has 0 spiro atoms. The molecule has 1 aliphatic heterocycles. The van der Waals surface area contributed by atoms with Gasteiger partial charge in [-0.15, -0.1) is 0 Å². The Hall–Kier alpha value is -5.28. The first kappa shape index (κ1) is 29.2. The van der Waals surface area contributed by atoms with Crippen LogP contribution in [0.2, 0.25) is 0 Å². The van der Waals surface area contributed by atoms with Crippen molar-refractivity contribution in [1.29, 1.82) is 0 Å². The maximum absolute atomic E-state index is 13.2. The Kier molecular flexibility index (Phi) is 9.56. The van der Waals surface area contributed by atoms with E-state index in [0.29, 0.717) is 11.1 Å². The van der Waals surface area contributed by atoms with Crippen LogP contribution in [-0.2, 0) is 23.7 Å². The van der Waals surface area contributed by atoms with Gasteiger partial charge in [-0.1, -0.05) is 72.8 Å². The van der Waals surface area contributed by atoms with E-state index in [1.165, 1.54) is 0 Å². The van der Waals surface area contributed by atoms with Crippen molar-refractivity contribution in [2.75, 3.05) is 13.2 Å². The van der Waals surface area contributed by atoms with Crippen molar-refractivity contribution in [3.05, 3.63) is 144 Å². The van der Waals surface area contributed by atoms with Gasteiger partial charge in [-0.2, -0.15) is 0 Å². The molecule has 0 bridgehead atoms. The van der Waals surface area contributed by atoms with Crippen molar-refractivity contribution < 1.29 is 42.9 Å². The molecule has 0 radical (unpaired) electrons. The highest BCUT2D eigenvalue weighted by Gasteiger charge is 2.48. The van der Waals surface area contributed by atoms with Crippen LogP contribution in [-0.4, -0.2) is 61.5 Å². The number of ether oxygens (including phenoxy) is 5. The van der Waals surface area contributed by atoms with E-state index in [1.54, 1.807) is 121 Å². The second-order valence-corrected chi connectivity index (χ2v) is 9.62. The molecule has 1 fully saturated rings. The number of carbonyl (C=O) groups is 4. The fourth-order valence-corrected chi connectivity index (χ4v) is 4.51. The van der Waals surface area contributed by atoms with Crippen molar-refractivity contribution in [3.63, 3.8) is 0 Å². The van der Waals surface area contributed by atoms with E-state index >= 15 is 0 Å². The monoisotopic (exact) mass is 580 g/mol. The van der Waals surface area contributed by atoms with Crippen molar-refractivity contribution in [2.45, 2.75) is 24.4 Å². The minimum atomic E-state index is -1.23. The summed E-state index contributed by atoms with van der Waals surface area (Å²) in [4.78, 5) is 52.0. The first-order chi connectivity index (χ1) is 21.0. The van der Waals surface area contributed by atoms with E-state index < -0.39 is 54.9 Å². The third-order valence-electron chi connectivity index (χ3n) is 6.69. The predicted octanol–water partition coefficient (Wildman–Crippen LogP) is 4.92. The number of benzene rings is 4. The zero-order chi connectivity index (χ0) is 30.0. The van der Waals surface area contributed by atoms with E-state index in [-0.39, 0.29) is 17.7 Å². The zero-order valence-corrected chi connectivity index (χ0v) is 22.9. The van der Waals surface area contributed by atoms with Gasteiger partial charge in [0, 0.05) is 0 Å². The lowest BCUT2D eigenvalue weighted by Gasteiger charge is -2.28. The molecule has 218 valence electrons. The molecule has 0 aromatic heterocycles. The first-order valence-electron chi connectivity index (χ1n) is 13.6. The van der Waals surface area contributed by atoms with Gasteiger partial charge in [0.05, 0.1) is 28.9 Å². The SMILES string of the molecule is O=C(OCC(OC(=O)c1ccccc1)C1OCC(OC(=O)c2ccccc2)C1OC(=O)c1ccccc1)c1ccccc1. The van der Waals surface area contributed by atoms with E-state index in [9.17, 15) is 19.2 Å². The fraction of sp³-hybridized carbons (Fsp3) is 0.176. The normalized spacial score (nSPS) is 18.2. The Balaban J connectivity index is 1.41. The second kappa shape index (κ2) is 14.1. The topological polar surface area (TPSA) is 114 Å². The molecular weight excluding hydrogens is 552 g/mol. The van der Waals surface area contributed by atoms with Crippen molar-refractivity contribution in [1.82, 2.24) is 0 Å². The zero-order valence-electron chi connectivity index (χ0n) is 22.9. The van der Waals surface area contributed by atoms with Gasteiger partial charge >= 0.3 is 23.9 Å². The van der Waals surface area contributed by atoms with Gasteiger partial charge in [0.1, 0.15) is 12.7 Å². The fourth-order valence-electron chi connectivity index (χ4n) is 4.51. The molecule has 4 aromatic rings. The molecule has 1 heterocycles. The van der Waals surface area contributed by atoms with Gasteiger partial charge in [0.15, 0.2) is 18.3 Å². The number of hydrogen-bond donors (Lipinski definition) is 0. The standard InChI is InChI=1S/C34H28O9/c35-31(23-13-5-1-6-14-23)40-22-27(41-32(36)24-15-7-2-8-16-24)29-30(43-34(38)26-19-11-4-12-20-26)28(21-39-29)42-33(37)25-17-9-3-10-18-25/h1-20,27-30H,21-22H2. The summed E-state index contributed by atoms with van der Waals surface area (Å²) in [6, 6.07) is 33.2. The van der Waals surface area contributed by atoms with Crippen LogP contribution in [0.15, 0.2) is 121 Å². The molecule has 0 saturated carbocycles. The summed E-state index contributed by atoms with van der Waals surface area (Å²) in [6.07, 6.45) is -4.62. The minimum absolute atomic E-state index is 0.165. The van der Waals surface area contributed by atoms with Crippen molar-refractivity contribution in [3.8, 4) is 0 Å². The first-order valence-corrected chi connectivity index (χ1v) is 13.6. The number of rotatable bonds is 10. The summed E-state index contributed by atoms with van der Waals surface area (Å²) < 4.78 is 28.8. The highest BCUT2D eigenvalue weighted by Crippen LogP contribution is 2.28. The van der Waals surface area contributed by atoms with Gasteiger partial charge < -0.3 is 23.7 Å². The molecule has 1 saturated heterocycles. The Morgan fingerprint density at radius 3 is 1.49 bits per heavy atom. The number of esters is 4. The van der Waals surface area contributed by atoms with Gasteiger partial charge in [0.25, 0.3) is 0 Å². The highest BCUT2D eigenvalue weighted by molar-refractivity contribution is 5.91. The van der Waals surface area contributed by atoms with Gasteiger partial charge in [-0.05, 0) is 48.5 Å². The predicted molar refractivity (Wildman–Crippen MR) is 153 cm³/mol. The van der Waals surface area contributed by atoms with Gasteiger partial charge in [0.2, 0.25) is 0 Å². The summed E-state index contributed by atoms with van der Waals surface area (Å²) in [6.45, 7) is -0.586. The summed E-state index contributed by atoms with van der Waals surface area (Å²) in [5.41, 5.74) is 1.10. The van der Waals surface area contributed by atoms with Gasteiger partial charge in [-0.25, -0.2) is 19.2 Å². The highest BCUT2D eigenvalue weighted by atomic mass is 16.7. The van der Waals surface area contributed by atoms with Crippen LogP contribution in [0.5, 0.6) is 0 Å². The lowest BCUT2D eigenvalue weighted by atomic mass is 10.1. The molecule has 9 heteroatoms. The molecule has 4 unspecified atom stereocenters. The molecular formula is C34H28O9. The molecule has 9 nitrogen and oxygen atoms in total. The molecule has 43 heavy (non-hydrogen) atoms. The van der Waals surface area contributed by atoms with Crippen LogP contribution in [0.25, 0.3) is 0 Å².